The lowest BCUT2D eigenvalue weighted by Crippen LogP contribution is -2.32. The molecule has 0 aliphatic carbocycles. The number of hydrogen-bond donors (Lipinski definition) is 4. The van der Waals surface area contributed by atoms with Crippen LogP contribution in [0.5, 0.6) is 0 Å². The van der Waals surface area contributed by atoms with E-state index in [4.69, 9.17) is 4.98 Å². The van der Waals surface area contributed by atoms with Crippen LogP contribution in [0, 0.1) is 6.92 Å². The first-order valence-corrected chi connectivity index (χ1v) is 13.4. The summed E-state index contributed by atoms with van der Waals surface area (Å²) < 4.78 is 1.69. The highest BCUT2D eigenvalue weighted by atomic mass is 16.3. The second kappa shape index (κ2) is 11.1. The van der Waals surface area contributed by atoms with E-state index in [0.717, 1.165) is 40.3 Å². The Morgan fingerprint density at radius 3 is 2.80 bits per heavy atom. The summed E-state index contributed by atoms with van der Waals surface area (Å²) in [6.45, 7) is 11.6. The van der Waals surface area contributed by atoms with E-state index >= 15 is 0 Å². The van der Waals surface area contributed by atoms with Gasteiger partial charge >= 0.3 is 0 Å². The molecule has 12 nitrogen and oxygen atoms in total. The molecule has 4 N–H and O–H groups in total. The number of aliphatic hydroxyl groups is 1. The number of aromatic amines is 1. The van der Waals surface area contributed by atoms with E-state index in [1.165, 1.54) is 0 Å². The van der Waals surface area contributed by atoms with E-state index in [2.05, 4.69) is 53.2 Å². The van der Waals surface area contributed by atoms with Crippen molar-refractivity contribution < 1.29 is 9.90 Å². The molecule has 5 rings (SSSR count). The van der Waals surface area contributed by atoms with E-state index in [1.807, 2.05) is 39.8 Å². The molecule has 1 aromatic carbocycles. The molecule has 40 heavy (non-hydrogen) atoms. The summed E-state index contributed by atoms with van der Waals surface area (Å²) in [6.07, 6.45) is 5.33. The summed E-state index contributed by atoms with van der Waals surface area (Å²) in [6, 6.07) is 7.84. The fourth-order valence-electron chi connectivity index (χ4n) is 4.81. The number of rotatable bonds is 7. The van der Waals surface area contributed by atoms with Gasteiger partial charge in [0.05, 0.1) is 47.2 Å². The van der Waals surface area contributed by atoms with E-state index in [9.17, 15) is 9.90 Å². The fraction of sp³-hybridized carbons (Fsp3) is 0.429. The molecule has 0 fully saturated rings. The van der Waals surface area contributed by atoms with Crippen LogP contribution in [-0.2, 0) is 12.1 Å². The zero-order valence-electron chi connectivity index (χ0n) is 23.5. The molecule has 2 unspecified atom stereocenters. The molecule has 0 spiro atoms. The Kier molecular flexibility index (Phi) is 7.63. The molecular weight excluding hydrogens is 508 g/mol. The lowest BCUT2D eigenvalue weighted by Gasteiger charge is -2.22. The number of carbonyl (C=O) groups is 1. The highest BCUT2D eigenvalue weighted by Crippen LogP contribution is 2.31. The van der Waals surface area contributed by atoms with Crippen molar-refractivity contribution in [3.63, 3.8) is 0 Å². The maximum absolute atomic E-state index is 13.2. The van der Waals surface area contributed by atoms with Crippen molar-refractivity contribution in [1.29, 1.82) is 0 Å². The predicted octanol–water partition coefficient (Wildman–Crippen LogP) is 3.32. The molecule has 1 aliphatic heterocycles. The largest absolute Gasteiger partial charge is 0.392 e. The Hall–Kier alpha value is -4.16. The first-order chi connectivity index (χ1) is 19.1. The van der Waals surface area contributed by atoms with Gasteiger partial charge in [-0.3, -0.25) is 14.8 Å². The maximum Gasteiger partial charge on any atom is 0.273 e. The monoisotopic (exact) mass is 544 g/mol. The van der Waals surface area contributed by atoms with Crippen LogP contribution in [0.3, 0.4) is 0 Å². The van der Waals surface area contributed by atoms with Gasteiger partial charge in [-0.2, -0.15) is 5.10 Å². The molecule has 0 bridgehead atoms. The van der Waals surface area contributed by atoms with Crippen LogP contribution < -0.4 is 10.6 Å². The molecule has 4 heterocycles. The average Bonchev–Trinajstić information content (AvgIpc) is 3.52. The minimum absolute atomic E-state index is 0.220. The third-order valence-corrected chi connectivity index (χ3v) is 6.92. The molecule has 12 heteroatoms. The topological polar surface area (TPSA) is 150 Å². The van der Waals surface area contributed by atoms with Gasteiger partial charge in [0.25, 0.3) is 5.91 Å². The van der Waals surface area contributed by atoms with Crippen LogP contribution >= 0.6 is 0 Å². The van der Waals surface area contributed by atoms with Crippen molar-refractivity contribution in [1.82, 2.24) is 45.4 Å². The van der Waals surface area contributed by atoms with Crippen molar-refractivity contribution in [2.75, 3.05) is 18.4 Å². The van der Waals surface area contributed by atoms with Gasteiger partial charge in [0.15, 0.2) is 5.69 Å². The van der Waals surface area contributed by atoms with Crippen LogP contribution in [-0.4, -0.2) is 70.3 Å². The zero-order chi connectivity index (χ0) is 28.4. The van der Waals surface area contributed by atoms with Gasteiger partial charge in [-0.1, -0.05) is 17.3 Å². The van der Waals surface area contributed by atoms with Gasteiger partial charge in [0.2, 0.25) is 5.95 Å². The molecule has 0 saturated carbocycles. The highest BCUT2D eigenvalue weighted by Gasteiger charge is 2.27. The number of anilines is 2. The van der Waals surface area contributed by atoms with Gasteiger partial charge in [-0.05, 0) is 64.3 Å². The number of aryl methyl sites for hydroxylation is 1. The predicted molar refractivity (Wildman–Crippen MR) is 151 cm³/mol. The Bertz CT molecular complexity index is 1490. The SMILES string of the molecule is Cc1[nH]ncc1Nc1nccc(-c2ccc3c(c2)CN(CC(C)O)CCC3NC(=O)c2cn(C(C)(C)C)nn2)n1. The van der Waals surface area contributed by atoms with Crippen LogP contribution in [0.15, 0.2) is 42.9 Å². The standard InChI is InChI=1S/C28H36N10O2/c1-17(39)14-37-11-9-23(31-26(40)25-16-38(36-35-25)28(3,4)5)21-7-6-19(12-20(21)15-37)22-8-10-29-27(32-22)33-24-13-30-34-18(24)2/h6-8,10,12-13,16-17,23,39H,9,11,14-15H2,1-5H3,(H,30,34)(H,31,40)(H,29,32,33). The van der Waals surface area contributed by atoms with E-state index in [0.29, 0.717) is 25.5 Å². The van der Waals surface area contributed by atoms with E-state index in [1.54, 1.807) is 30.2 Å². The van der Waals surface area contributed by atoms with Gasteiger partial charge in [-0.25, -0.2) is 14.6 Å². The summed E-state index contributed by atoms with van der Waals surface area (Å²) >= 11 is 0. The number of nitrogens with zero attached hydrogens (tertiary/aromatic N) is 7. The number of aromatic nitrogens is 7. The van der Waals surface area contributed by atoms with E-state index < -0.39 is 6.10 Å². The highest BCUT2D eigenvalue weighted by molar-refractivity contribution is 5.92. The normalized spacial score (nSPS) is 16.7. The summed E-state index contributed by atoms with van der Waals surface area (Å²) in [4.78, 5) is 24.5. The Morgan fingerprint density at radius 1 is 1.27 bits per heavy atom. The first-order valence-electron chi connectivity index (χ1n) is 13.4. The molecule has 4 aromatic rings. The van der Waals surface area contributed by atoms with E-state index in [-0.39, 0.29) is 23.2 Å². The number of H-pyrrole nitrogens is 1. The van der Waals surface area contributed by atoms with Crippen molar-refractivity contribution in [3.05, 3.63) is 65.4 Å². The first kappa shape index (κ1) is 27.4. The fourth-order valence-corrected chi connectivity index (χ4v) is 4.81. The smallest absolute Gasteiger partial charge is 0.273 e. The Labute approximate surface area is 233 Å². The molecule has 3 aromatic heterocycles. The molecular formula is C28H36N10O2. The molecule has 0 saturated heterocycles. The lowest BCUT2D eigenvalue weighted by molar-refractivity contribution is 0.0921. The molecule has 1 aliphatic rings. The minimum Gasteiger partial charge on any atom is -0.392 e. The molecule has 2 atom stereocenters. The van der Waals surface area contributed by atoms with Gasteiger partial charge in [0, 0.05) is 31.4 Å². The summed E-state index contributed by atoms with van der Waals surface area (Å²) in [5.74, 6) is 0.210. The molecule has 0 radical (unpaired) electrons. The number of amides is 1. The third-order valence-electron chi connectivity index (χ3n) is 6.92. The van der Waals surface area contributed by atoms with Crippen molar-refractivity contribution in [2.45, 2.75) is 65.3 Å². The van der Waals surface area contributed by atoms with Crippen molar-refractivity contribution in [3.8, 4) is 11.3 Å². The second-order valence-electron chi connectivity index (χ2n) is 11.3. The summed E-state index contributed by atoms with van der Waals surface area (Å²) in [7, 11) is 0. The number of carbonyl (C=O) groups excluding carboxylic acids is 1. The van der Waals surface area contributed by atoms with Gasteiger partial charge < -0.3 is 15.7 Å². The maximum atomic E-state index is 13.2. The number of β-amino-alcohol motifs (C(OH)–C–C–N with tert-alkyl or cyclic N) is 1. The number of hydrogen-bond acceptors (Lipinski definition) is 9. The molecule has 210 valence electrons. The van der Waals surface area contributed by atoms with Crippen LogP contribution in [0.4, 0.5) is 11.6 Å². The van der Waals surface area contributed by atoms with Gasteiger partial charge in [-0.15, -0.1) is 5.10 Å². The second-order valence-corrected chi connectivity index (χ2v) is 11.3. The van der Waals surface area contributed by atoms with Crippen molar-refractivity contribution in [2.24, 2.45) is 0 Å². The quantitative estimate of drug-likeness (QED) is 0.275. The lowest BCUT2D eigenvalue weighted by atomic mass is 9.96. The van der Waals surface area contributed by atoms with Crippen LogP contribution in [0.25, 0.3) is 11.3 Å². The minimum atomic E-state index is -0.466. The molecule has 1 amide bonds. The number of benzene rings is 1. The number of fused-ring (bicyclic) bond motifs is 1. The van der Waals surface area contributed by atoms with Gasteiger partial charge in [0.1, 0.15) is 0 Å². The summed E-state index contributed by atoms with van der Waals surface area (Å²) in [5.41, 5.74) is 5.53. The Morgan fingerprint density at radius 2 is 2.10 bits per heavy atom. The van der Waals surface area contributed by atoms with Crippen molar-refractivity contribution >= 4 is 17.5 Å². The number of nitrogens with one attached hydrogen (secondary N) is 3. The third kappa shape index (κ3) is 6.18. The van der Waals surface area contributed by atoms with Crippen LogP contribution in [0.1, 0.15) is 67.5 Å². The number of aliphatic hydroxyl groups excluding tert-OH is 1. The van der Waals surface area contributed by atoms with Crippen LogP contribution in [0.2, 0.25) is 0 Å². The summed E-state index contributed by atoms with van der Waals surface area (Å²) in [5, 5.41) is 31.7. The average molecular weight is 545 g/mol. The Balaban J connectivity index is 1.43. The zero-order valence-corrected chi connectivity index (χ0v) is 23.5.